The summed E-state index contributed by atoms with van der Waals surface area (Å²) in [6, 6.07) is 4.05. The van der Waals surface area contributed by atoms with Gasteiger partial charge in [0.2, 0.25) is 5.76 Å². The van der Waals surface area contributed by atoms with Gasteiger partial charge >= 0.3 is 6.18 Å². The molecule has 2 atom stereocenters. The van der Waals surface area contributed by atoms with Crippen LogP contribution in [0.15, 0.2) is 28.8 Å². The summed E-state index contributed by atoms with van der Waals surface area (Å²) in [5.41, 5.74) is -0.400. The van der Waals surface area contributed by atoms with Crippen LogP contribution in [0.2, 0.25) is 5.02 Å². The first-order valence-corrected chi connectivity index (χ1v) is 8.45. The standard InChI is InChI=1S/C17H16ClF3N2O3/c18-13-14(9-4-6-10(7-5-9)17(19,20)21)23-26-15(13)16(25)22-11-2-1-3-12(24)8-11/h4-7,11-12,24H,1-3,8H2,(H,22,25)/t11-,12+/m1/s1. The fourth-order valence-electron chi connectivity index (χ4n) is 2.96. The zero-order chi connectivity index (χ0) is 18.9. The van der Waals surface area contributed by atoms with Crippen LogP contribution in [-0.4, -0.2) is 28.3 Å². The van der Waals surface area contributed by atoms with Crippen molar-refractivity contribution in [3.8, 4) is 11.3 Å². The summed E-state index contributed by atoms with van der Waals surface area (Å²) in [4.78, 5) is 12.3. The minimum Gasteiger partial charge on any atom is -0.393 e. The predicted octanol–water partition coefficient (Wildman–Crippen LogP) is 4.05. The smallest absolute Gasteiger partial charge is 0.393 e. The molecular formula is C17H16ClF3N2O3. The van der Waals surface area contributed by atoms with Crippen molar-refractivity contribution in [2.45, 2.75) is 44.0 Å². The summed E-state index contributed by atoms with van der Waals surface area (Å²) in [6.45, 7) is 0. The summed E-state index contributed by atoms with van der Waals surface area (Å²) in [5.74, 6) is -0.776. The maximum atomic E-state index is 12.6. The second-order valence-electron chi connectivity index (χ2n) is 6.24. The third-order valence-electron chi connectivity index (χ3n) is 4.31. The highest BCUT2D eigenvalue weighted by molar-refractivity contribution is 6.35. The third-order valence-corrected chi connectivity index (χ3v) is 4.66. The van der Waals surface area contributed by atoms with E-state index in [0.29, 0.717) is 18.4 Å². The lowest BCUT2D eigenvalue weighted by molar-refractivity contribution is -0.137. The molecule has 0 bridgehead atoms. The van der Waals surface area contributed by atoms with Gasteiger partial charge in [-0.05, 0) is 37.8 Å². The van der Waals surface area contributed by atoms with Crippen molar-refractivity contribution in [1.29, 1.82) is 0 Å². The zero-order valence-electron chi connectivity index (χ0n) is 13.5. The maximum Gasteiger partial charge on any atom is 0.416 e. The van der Waals surface area contributed by atoms with Gasteiger partial charge in [-0.15, -0.1) is 0 Å². The Morgan fingerprint density at radius 2 is 1.96 bits per heavy atom. The Morgan fingerprint density at radius 3 is 2.58 bits per heavy atom. The molecule has 140 valence electrons. The summed E-state index contributed by atoms with van der Waals surface area (Å²) in [7, 11) is 0. The number of rotatable bonds is 3. The van der Waals surface area contributed by atoms with Crippen molar-refractivity contribution < 1.29 is 27.6 Å². The second-order valence-corrected chi connectivity index (χ2v) is 6.62. The molecule has 3 rings (SSSR count). The molecule has 1 aromatic heterocycles. The molecule has 1 amide bonds. The van der Waals surface area contributed by atoms with Crippen LogP contribution in [0.4, 0.5) is 13.2 Å². The highest BCUT2D eigenvalue weighted by atomic mass is 35.5. The van der Waals surface area contributed by atoms with E-state index >= 15 is 0 Å². The molecule has 1 saturated carbocycles. The van der Waals surface area contributed by atoms with Crippen LogP contribution in [0.25, 0.3) is 11.3 Å². The van der Waals surface area contributed by atoms with E-state index in [9.17, 15) is 23.1 Å². The number of aromatic nitrogens is 1. The molecule has 1 aliphatic rings. The molecule has 2 N–H and O–H groups in total. The second kappa shape index (κ2) is 7.28. The molecule has 1 aliphatic carbocycles. The van der Waals surface area contributed by atoms with Crippen LogP contribution in [0, 0.1) is 0 Å². The van der Waals surface area contributed by atoms with Gasteiger partial charge in [0.05, 0.1) is 11.7 Å². The number of aliphatic hydroxyl groups is 1. The molecule has 2 aromatic rings. The van der Waals surface area contributed by atoms with Crippen LogP contribution >= 0.6 is 11.6 Å². The first-order chi connectivity index (χ1) is 12.3. The molecule has 0 saturated heterocycles. The Labute approximate surface area is 152 Å². The van der Waals surface area contributed by atoms with Gasteiger partial charge in [0, 0.05) is 11.6 Å². The van der Waals surface area contributed by atoms with Gasteiger partial charge in [0.1, 0.15) is 10.7 Å². The maximum absolute atomic E-state index is 12.6. The van der Waals surface area contributed by atoms with E-state index < -0.39 is 23.8 Å². The van der Waals surface area contributed by atoms with Crippen molar-refractivity contribution >= 4 is 17.5 Å². The minimum absolute atomic E-state index is 0.0707. The van der Waals surface area contributed by atoms with Crippen molar-refractivity contribution in [3.05, 3.63) is 40.6 Å². The summed E-state index contributed by atoms with van der Waals surface area (Å²) < 4.78 is 42.9. The molecule has 5 nitrogen and oxygen atoms in total. The third kappa shape index (κ3) is 4.02. The van der Waals surface area contributed by atoms with E-state index in [1.807, 2.05) is 0 Å². The number of nitrogens with one attached hydrogen (secondary N) is 1. The van der Waals surface area contributed by atoms with Crippen LogP contribution in [0.5, 0.6) is 0 Å². The summed E-state index contributed by atoms with van der Waals surface area (Å²) >= 11 is 6.14. The van der Waals surface area contributed by atoms with Crippen LogP contribution in [0.1, 0.15) is 41.8 Å². The quantitative estimate of drug-likeness (QED) is 0.831. The minimum atomic E-state index is -4.44. The summed E-state index contributed by atoms with van der Waals surface area (Å²) in [5, 5.41) is 16.0. The van der Waals surface area contributed by atoms with Crippen molar-refractivity contribution in [1.82, 2.24) is 10.5 Å². The molecule has 26 heavy (non-hydrogen) atoms. The van der Waals surface area contributed by atoms with Crippen LogP contribution in [-0.2, 0) is 6.18 Å². The van der Waals surface area contributed by atoms with Crippen LogP contribution in [0.3, 0.4) is 0 Å². The lowest BCUT2D eigenvalue weighted by Gasteiger charge is -2.26. The Kier molecular flexibility index (Phi) is 5.24. The molecule has 1 fully saturated rings. The lowest BCUT2D eigenvalue weighted by Crippen LogP contribution is -2.39. The van der Waals surface area contributed by atoms with E-state index in [0.717, 1.165) is 25.0 Å². The first kappa shape index (κ1) is 18.7. The van der Waals surface area contributed by atoms with Gasteiger partial charge in [0.25, 0.3) is 5.91 Å². The number of carbonyl (C=O) groups is 1. The molecule has 1 heterocycles. The van der Waals surface area contributed by atoms with E-state index in [-0.39, 0.29) is 22.5 Å². The average Bonchev–Trinajstić information content (AvgIpc) is 2.96. The van der Waals surface area contributed by atoms with Gasteiger partial charge in [-0.2, -0.15) is 13.2 Å². The Hall–Kier alpha value is -2.06. The molecular weight excluding hydrogens is 373 g/mol. The van der Waals surface area contributed by atoms with E-state index in [1.54, 1.807) is 0 Å². The number of hydrogen-bond donors (Lipinski definition) is 2. The van der Waals surface area contributed by atoms with E-state index in [2.05, 4.69) is 10.5 Å². The highest BCUT2D eigenvalue weighted by Crippen LogP contribution is 2.34. The van der Waals surface area contributed by atoms with Crippen molar-refractivity contribution in [2.24, 2.45) is 0 Å². The molecule has 1 aromatic carbocycles. The van der Waals surface area contributed by atoms with E-state index in [1.165, 1.54) is 12.1 Å². The number of alkyl halides is 3. The van der Waals surface area contributed by atoms with Gasteiger partial charge in [0.15, 0.2) is 0 Å². The molecule has 0 radical (unpaired) electrons. The van der Waals surface area contributed by atoms with Crippen molar-refractivity contribution in [3.63, 3.8) is 0 Å². The summed E-state index contributed by atoms with van der Waals surface area (Å²) in [6.07, 6.45) is -2.21. The number of benzene rings is 1. The van der Waals surface area contributed by atoms with Gasteiger partial charge < -0.3 is 14.9 Å². The number of nitrogens with zero attached hydrogens (tertiary/aromatic N) is 1. The monoisotopic (exact) mass is 388 g/mol. The van der Waals surface area contributed by atoms with Gasteiger partial charge in [-0.1, -0.05) is 28.9 Å². The Balaban J connectivity index is 1.76. The molecule has 0 unspecified atom stereocenters. The molecule has 0 aliphatic heterocycles. The predicted molar refractivity (Wildman–Crippen MR) is 87.7 cm³/mol. The lowest BCUT2D eigenvalue weighted by atomic mass is 9.93. The number of carbonyl (C=O) groups excluding carboxylic acids is 1. The number of halogens is 4. The zero-order valence-corrected chi connectivity index (χ0v) is 14.3. The fraction of sp³-hybridized carbons (Fsp3) is 0.412. The topological polar surface area (TPSA) is 75.4 Å². The van der Waals surface area contributed by atoms with Crippen molar-refractivity contribution in [2.75, 3.05) is 0 Å². The van der Waals surface area contributed by atoms with Gasteiger partial charge in [-0.25, -0.2) is 0 Å². The normalized spacial score (nSPS) is 20.8. The van der Waals surface area contributed by atoms with Crippen LogP contribution < -0.4 is 5.32 Å². The SMILES string of the molecule is O=C(N[C@@H]1CCC[C@H](O)C1)c1onc(-c2ccc(C(F)(F)F)cc2)c1Cl. The first-order valence-electron chi connectivity index (χ1n) is 8.07. The Morgan fingerprint density at radius 1 is 1.27 bits per heavy atom. The average molecular weight is 389 g/mol. The highest BCUT2D eigenvalue weighted by Gasteiger charge is 2.31. The number of aliphatic hydroxyl groups excluding tert-OH is 1. The number of hydrogen-bond acceptors (Lipinski definition) is 4. The molecule has 0 spiro atoms. The van der Waals surface area contributed by atoms with E-state index in [4.69, 9.17) is 16.1 Å². The van der Waals surface area contributed by atoms with Gasteiger partial charge in [-0.3, -0.25) is 4.79 Å². The largest absolute Gasteiger partial charge is 0.416 e. The fourth-order valence-corrected chi connectivity index (χ4v) is 3.23. The molecule has 9 heteroatoms. The number of amides is 1. The Bertz CT molecular complexity index is 790.